The Kier molecular flexibility index (Phi) is 5.45. The predicted molar refractivity (Wildman–Crippen MR) is 81.9 cm³/mol. The van der Waals surface area contributed by atoms with Crippen LogP contribution in [0.5, 0.6) is 0 Å². The largest absolute Gasteiger partial charge is 0.394 e. The van der Waals surface area contributed by atoms with Gasteiger partial charge in [0.2, 0.25) is 0 Å². The summed E-state index contributed by atoms with van der Waals surface area (Å²) in [7, 11) is 0. The van der Waals surface area contributed by atoms with Crippen molar-refractivity contribution in [2.75, 3.05) is 6.61 Å². The zero-order valence-electron chi connectivity index (χ0n) is 11.2. The molecule has 0 heterocycles. The van der Waals surface area contributed by atoms with Gasteiger partial charge in [-0.2, -0.15) is 5.26 Å². The Hall–Kier alpha value is -1.74. The number of aliphatic hydroxyl groups excluding tert-OH is 1. The van der Waals surface area contributed by atoms with Crippen LogP contribution in [0.3, 0.4) is 0 Å². The van der Waals surface area contributed by atoms with Crippen molar-refractivity contribution in [3.05, 3.63) is 69.4 Å². The van der Waals surface area contributed by atoms with E-state index < -0.39 is 5.82 Å². The third-order valence-corrected chi connectivity index (χ3v) is 3.63. The number of hydrogen-bond acceptors (Lipinski definition) is 3. The summed E-state index contributed by atoms with van der Waals surface area (Å²) < 4.78 is 14.2. The average Bonchev–Trinajstić information content (AvgIpc) is 2.49. The summed E-state index contributed by atoms with van der Waals surface area (Å²) in [6.45, 7) is 0.384. The average molecular weight is 349 g/mol. The molecule has 0 bridgehead atoms. The Balaban J connectivity index is 2.09. The van der Waals surface area contributed by atoms with E-state index in [1.165, 1.54) is 12.1 Å². The van der Waals surface area contributed by atoms with Crippen LogP contribution >= 0.6 is 15.9 Å². The minimum atomic E-state index is -0.521. The molecule has 0 aliphatic carbocycles. The predicted octanol–water partition coefficient (Wildman–Crippen LogP) is 3.28. The van der Waals surface area contributed by atoms with E-state index in [-0.39, 0.29) is 18.2 Å². The Morgan fingerprint density at radius 2 is 2.10 bits per heavy atom. The Bertz CT molecular complexity index is 670. The summed E-state index contributed by atoms with van der Waals surface area (Å²) >= 11 is 3.40. The van der Waals surface area contributed by atoms with E-state index in [1.54, 1.807) is 6.07 Å². The fraction of sp³-hybridized carbons (Fsp3) is 0.188. The van der Waals surface area contributed by atoms with Crippen LogP contribution in [0.2, 0.25) is 0 Å². The molecular formula is C16H14BrFN2O. The summed E-state index contributed by atoms with van der Waals surface area (Å²) in [6.07, 6.45) is 0. The highest BCUT2D eigenvalue weighted by atomic mass is 79.9. The first-order chi connectivity index (χ1) is 10.1. The Morgan fingerprint density at radius 3 is 2.76 bits per heavy atom. The van der Waals surface area contributed by atoms with Crippen molar-refractivity contribution in [2.24, 2.45) is 0 Å². The molecule has 0 saturated heterocycles. The monoisotopic (exact) mass is 348 g/mol. The van der Waals surface area contributed by atoms with Gasteiger partial charge in [0, 0.05) is 11.0 Å². The molecule has 0 fully saturated rings. The number of hydrogen-bond donors (Lipinski definition) is 2. The fourth-order valence-corrected chi connectivity index (χ4v) is 2.44. The molecule has 1 atom stereocenters. The van der Waals surface area contributed by atoms with Crippen LogP contribution in [0.25, 0.3) is 0 Å². The second kappa shape index (κ2) is 7.32. The van der Waals surface area contributed by atoms with Crippen molar-refractivity contribution in [2.45, 2.75) is 12.6 Å². The van der Waals surface area contributed by atoms with Crippen LogP contribution in [0.15, 0.2) is 46.9 Å². The van der Waals surface area contributed by atoms with Crippen LogP contribution in [0.4, 0.5) is 4.39 Å². The van der Waals surface area contributed by atoms with E-state index in [0.29, 0.717) is 6.54 Å². The van der Waals surface area contributed by atoms with E-state index >= 15 is 0 Å². The normalized spacial score (nSPS) is 11.9. The lowest BCUT2D eigenvalue weighted by atomic mass is 10.1. The highest BCUT2D eigenvalue weighted by Gasteiger charge is 2.10. The molecule has 0 amide bonds. The molecule has 0 aromatic heterocycles. The Labute approximate surface area is 131 Å². The van der Waals surface area contributed by atoms with Crippen molar-refractivity contribution >= 4 is 15.9 Å². The van der Waals surface area contributed by atoms with Crippen LogP contribution in [-0.2, 0) is 6.54 Å². The van der Waals surface area contributed by atoms with E-state index in [1.807, 2.05) is 30.3 Å². The number of rotatable bonds is 5. The first-order valence-electron chi connectivity index (χ1n) is 6.42. The molecule has 21 heavy (non-hydrogen) atoms. The number of halogens is 2. The fourth-order valence-electron chi connectivity index (χ4n) is 2.02. The van der Waals surface area contributed by atoms with Crippen molar-refractivity contribution < 1.29 is 9.50 Å². The minimum Gasteiger partial charge on any atom is -0.394 e. The van der Waals surface area contributed by atoms with Gasteiger partial charge in [-0.3, -0.25) is 0 Å². The second-order valence-corrected chi connectivity index (χ2v) is 5.51. The summed E-state index contributed by atoms with van der Waals surface area (Å²) in [5.41, 5.74) is 1.77. The molecule has 0 spiro atoms. The molecule has 5 heteroatoms. The standard InChI is InChI=1S/C16H14BrFN2O/c17-14-3-1-2-12(7-14)16(10-21)20-9-11-4-5-15(18)13(6-11)8-19/h1-7,16,20-21H,9-10H2/t16-/m1/s1. The summed E-state index contributed by atoms with van der Waals surface area (Å²) in [5.74, 6) is -0.521. The van der Waals surface area contributed by atoms with Crippen molar-refractivity contribution in [1.82, 2.24) is 5.32 Å². The summed E-state index contributed by atoms with van der Waals surface area (Å²) in [5, 5.41) is 21.5. The Morgan fingerprint density at radius 1 is 1.29 bits per heavy atom. The molecular weight excluding hydrogens is 335 g/mol. The first kappa shape index (κ1) is 15.6. The van der Waals surface area contributed by atoms with Gasteiger partial charge in [0.05, 0.1) is 18.2 Å². The van der Waals surface area contributed by atoms with Gasteiger partial charge in [-0.15, -0.1) is 0 Å². The van der Waals surface area contributed by atoms with Gasteiger partial charge in [0.1, 0.15) is 11.9 Å². The van der Waals surface area contributed by atoms with Gasteiger partial charge in [-0.25, -0.2) is 4.39 Å². The summed E-state index contributed by atoms with van der Waals surface area (Å²) in [6, 6.07) is 13.7. The molecule has 2 rings (SSSR count). The third-order valence-electron chi connectivity index (χ3n) is 3.14. The topological polar surface area (TPSA) is 56.0 Å². The van der Waals surface area contributed by atoms with E-state index in [9.17, 15) is 9.50 Å². The smallest absolute Gasteiger partial charge is 0.140 e. The van der Waals surface area contributed by atoms with E-state index in [0.717, 1.165) is 15.6 Å². The van der Waals surface area contributed by atoms with Crippen molar-refractivity contribution in [3.63, 3.8) is 0 Å². The lowest BCUT2D eigenvalue weighted by Crippen LogP contribution is -2.24. The van der Waals surface area contributed by atoms with Crippen LogP contribution in [0, 0.1) is 17.1 Å². The third kappa shape index (κ3) is 4.11. The van der Waals surface area contributed by atoms with Gasteiger partial charge in [0.25, 0.3) is 0 Å². The molecule has 2 aromatic carbocycles. The second-order valence-electron chi connectivity index (χ2n) is 4.60. The molecule has 0 aliphatic rings. The highest BCUT2D eigenvalue weighted by molar-refractivity contribution is 9.10. The number of aliphatic hydroxyl groups is 1. The maximum atomic E-state index is 13.3. The lowest BCUT2D eigenvalue weighted by molar-refractivity contribution is 0.243. The van der Waals surface area contributed by atoms with Crippen LogP contribution in [0.1, 0.15) is 22.7 Å². The van der Waals surface area contributed by atoms with Gasteiger partial charge < -0.3 is 10.4 Å². The number of nitrogens with one attached hydrogen (secondary N) is 1. The summed E-state index contributed by atoms with van der Waals surface area (Å²) in [4.78, 5) is 0. The lowest BCUT2D eigenvalue weighted by Gasteiger charge is -2.17. The molecule has 0 unspecified atom stereocenters. The molecule has 3 nitrogen and oxygen atoms in total. The molecule has 0 aliphatic heterocycles. The van der Waals surface area contributed by atoms with Gasteiger partial charge in [-0.1, -0.05) is 34.1 Å². The molecule has 108 valence electrons. The van der Waals surface area contributed by atoms with Gasteiger partial charge in [0.15, 0.2) is 0 Å². The molecule has 2 N–H and O–H groups in total. The quantitative estimate of drug-likeness (QED) is 0.871. The highest BCUT2D eigenvalue weighted by Crippen LogP contribution is 2.19. The van der Waals surface area contributed by atoms with E-state index in [4.69, 9.17) is 5.26 Å². The number of benzene rings is 2. The number of nitrogens with zero attached hydrogens (tertiary/aromatic N) is 1. The van der Waals surface area contributed by atoms with Crippen LogP contribution < -0.4 is 5.32 Å². The maximum Gasteiger partial charge on any atom is 0.140 e. The molecule has 0 saturated carbocycles. The maximum absolute atomic E-state index is 13.3. The van der Waals surface area contributed by atoms with Gasteiger partial charge >= 0.3 is 0 Å². The van der Waals surface area contributed by atoms with Crippen molar-refractivity contribution in [3.8, 4) is 6.07 Å². The first-order valence-corrected chi connectivity index (χ1v) is 7.21. The van der Waals surface area contributed by atoms with Crippen LogP contribution in [-0.4, -0.2) is 11.7 Å². The van der Waals surface area contributed by atoms with Gasteiger partial charge in [-0.05, 0) is 35.4 Å². The molecule has 2 aromatic rings. The molecule has 0 radical (unpaired) electrons. The zero-order valence-corrected chi connectivity index (χ0v) is 12.8. The zero-order chi connectivity index (χ0) is 15.2. The SMILES string of the molecule is N#Cc1cc(CN[C@H](CO)c2cccc(Br)c2)ccc1F. The number of nitriles is 1. The van der Waals surface area contributed by atoms with Crippen molar-refractivity contribution in [1.29, 1.82) is 5.26 Å². The minimum absolute atomic E-state index is 0.0253. The van der Waals surface area contributed by atoms with E-state index in [2.05, 4.69) is 21.2 Å².